The highest BCUT2D eigenvalue weighted by atomic mass is 16.5. The molecule has 28 heavy (non-hydrogen) atoms. The second-order valence-corrected chi connectivity index (χ2v) is 5.86. The van der Waals surface area contributed by atoms with E-state index < -0.39 is 11.5 Å². The number of carbonyl (C=O) groups is 1. The third-order valence-electron chi connectivity index (χ3n) is 4.22. The fourth-order valence-electron chi connectivity index (χ4n) is 3.05. The number of anilines is 2. The Hall–Kier alpha value is -3.93. The molecule has 0 amide bonds. The van der Waals surface area contributed by atoms with Crippen LogP contribution in [0, 0.1) is 18.3 Å². The molecule has 0 aliphatic heterocycles. The first kappa shape index (κ1) is 18.8. The summed E-state index contributed by atoms with van der Waals surface area (Å²) in [6.07, 6.45) is 1.40. The van der Waals surface area contributed by atoms with E-state index in [1.807, 2.05) is 6.07 Å². The molecule has 0 aromatic carbocycles. The average molecular weight is 378 g/mol. The van der Waals surface area contributed by atoms with Gasteiger partial charge in [-0.15, -0.1) is 0 Å². The number of nitrogens with two attached hydrogens (primary N) is 1. The van der Waals surface area contributed by atoms with Crippen LogP contribution in [0.1, 0.15) is 28.7 Å². The molecule has 0 aliphatic carbocycles. The molecule has 3 heterocycles. The first-order chi connectivity index (χ1) is 13.4. The van der Waals surface area contributed by atoms with E-state index in [1.165, 1.54) is 10.6 Å². The Bertz CT molecular complexity index is 1190. The molecule has 0 spiro atoms. The number of esters is 1. The number of aryl methyl sites for hydroxylation is 1. The number of carbonyl (C=O) groups excluding carboxylic acids is 1. The fourth-order valence-corrected chi connectivity index (χ4v) is 3.05. The average Bonchev–Trinajstić information content (AvgIpc) is 2.67. The van der Waals surface area contributed by atoms with E-state index in [0.29, 0.717) is 11.6 Å². The van der Waals surface area contributed by atoms with Crippen molar-refractivity contribution in [3.8, 4) is 17.2 Å². The van der Waals surface area contributed by atoms with Gasteiger partial charge in [0, 0.05) is 24.4 Å². The number of hydrogen-bond acceptors (Lipinski definition) is 8. The summed E-state index contributed by atoms with van der Waals surface area (Å²) < 4.78 is 6.47. The van der Waals surface area contributed by atoms with Gasteiger partial charge in [0.1, 0.15) is 29.1 Å². The maximum absolute atomic E-state index is 13.1. The van der Waals surface area contributed by atoms with Crippen LogP contribution >= 0.6 is 0 Å². The SMILES string of the molecule is CCOC(=O)c1c(-c2cnc(C)nc2N)c(C#N)c(=O)n2c(NC)cccc12. The van der Waals surface area contributed by atoms with Gasteiger partial charge in [-0.3, -0.25) is 9.20 Å². The summed E-state index contributed by atoms with van der Waals surface area (Å²) in [5, 5.41) is 12.6. The zero-order chi connectivity index (χ0) is 20.4. The van der Waals surface area contributed by atoms with Gasteiger partial charge >= 0.3 is 5.97 Å². The Morgan fingerprint density at radius 3 is 2.79 bits per heavy atom. The smallest absolute Gasteiger partial charge is 0.340 e. The Kier molecular flexibility index (Phi) is 4.96. The third kappa shape index (κ3) is 2.91. The minimum atomic E-state index is -0.681. The molecule has 3 aromatic rings. The fraction of sp³-hybridized carbons (Fsp3) is 0.211. The van der Waals surface area contributed by atoms with Crippen molar-refractivity contribution in [2.24, 2.45) is 0 Å². The highest BCUT2D eigenvalue weighted by molar-refractivity contribution is 6.06. The van der Waals surface area contributed by atoms with E-state index in [4.69, 9.17) is 10.5 Å². The van der Waals surface area contributed by atoms with Gasteiger partial charge in [0.15, 0.2) is 0 Å². The van der Waals surface area contributed by atoms with Crippen LogP contribution in [-0.2, 0) is 4.74 Å². The zero-order valence-electron chi connectivity index (χ0n) is 15.6. The van der Waals surface area contributed by atoms with Crippen molar-refractivity contribution in [1.82, 2.24) is 14.4 Å². The van der Waals surface area contributed by atoms with Crippen LogP contribution in [0.4, 0.5) is 11.6 Å². The Morgan fingerprint density at radius 1 is 1.43 bits per heavy atom. The normalized spacial score (nSPS) is 10.5. The largest absolute Gasteiger partial charge is 0.462 e. The Labute approximate surface area is 160 Å². The molecule has 0 fully saturated rings. The summed E-state index contributed by atoms with van der Waals surface area (Å²) in [7, 11) is 1.64. The highest BCUT2D eigenvalue weighted by Gasteiger charge is 2.27. The van der Waals surface area contributed by atoms with E-state index in [0.717, 1.165) is 0 Å². The molecule has 0 atom stereocenters. The summed E-state index contributed by atoms with van der Waals surface area (Å²) >= 11 is 0. The van der Waals surface area contributed by atoms with Crippen LogP contribution < -0.4 is 16.6 Å². The minimum absolute atomic E-state index is 0.0502. The van der Waals surface area contributed by atoms with Crippen LogP contribution in [0.15, 0.2) is 29.2 Å². The lowest BCUT2D eigenvalue weighted by atomic mass is 9.96. The van der Waals surface area contributed by atoms with E-state index in [2.05, 4.69) is 15.3 Å². The maximum atomic E-state index is 13.1. The van der Waals surface area contributed by atoms with Crippen LogP contribution in [0.2, 0.25) is 0 Å². The Balaban J connectivity index is 2.59. The first-order valence-corrected chi connectivity index (χ1v) is 8.50. The monoisotopic (exact) mass is 378 g/mol. The van der Waals surface area contributed by atoms with Crippen molar-refractivity contribution >= 4 is 23.1 Å². The lowest BCUT2D eigenvalue weighted by Crippen LogP contribution is -2.24. The third-order valence-corrected chi connectivity index (χ3v) is 4.22. The predicted molar refractivity (Wildman–Crippen MR) is 104 cm³/mol. The van der Waals surface area contributed by atoms with E-state index in [1.54, 1.807) is 39.1 Å². The number of nitrogen functional groups attached to an aromatic ring is 1. The predicted octanol–water partition coefficient (Wildman–Crippen LogP) is 1.74. The molecule has 142 valence electrons. The van der Waals surface area contributed by atoms with E-state index >= 15 is 0 Å². The molecule has 0 bridgehead atoms. The van der Waals surface area contributed by atoms with Crippen LogP contribution in [0.5, 0.6) is 0 Å². The lowest BCUT2D eigenvalue weighted by Gasteiger charge is -2.17. The van der Waals surface area contributed by atoms with Crippen LogP contribution in [0.25, 0.3) is 16.6 Å². The number of ether oxygens (including phenoxy) is 1. The quantitative estimate of drug-likeness (QED) is 0.655. The van der Waals surface area contributed by atoms with Crippen molar-refractivity contribution in [3.63, 3.8) is 0 Å². The van der Waals surface area contributed by atoms with Crippen LogP contribution in [0.3, 0.4) is 0 Å². The molecule has 9 heteroatoms. The summed E-state index contributed by atoms with van der Waals surface area (Å²) in [6, 6.07) is 6.86. The van der Waals surface area contributed by atoms with Gasteiger partial charge in [-0.1, -0.05) is 6.07 Å². The highest BCUT2D eigenvalue weighted by Crippen LogP contribution is 2.33. The van der Waals surface area contributed by atoms with Gasteiger partial charge in [0.05, 0.1) is 17.7 Å². The summed E-state index contributed by atoms with van der Waals surface area (Å²) in [4.78, 5) is 34.2. The number of nitrogens with zero attached hydrogens (tertiary/aromatic N) is 4. The molecule has 3 N–H and O–H groups in total. The van der Waals surface area contributed by atoms with Gasteiger partial charge in [0.2, 0.25) is 0 Å². The number of rotatable bonds is 4. The molecule has 0 saturated heterocycles. The van der Waals surface area contributed by atoms with Crippen molar-refractivity contribution in [1.29, 1.82) is 5.26 Å². The van der Waals surface area contributed by atoms with Crippen molar-refractivity contribution in [2.75, 3.05) is 24.7 Å². The van der Waals surface area contributed by atoms with Crippen molar-refractivity contribution in [3.05, 3.63) is 51.7 Å². The van der Waals surface area contributed by atoms with E-state index in [9.17, 15) is 14.9 Å². The van der Waals surface area contributed by atoms with Gasteiger partial charge in [0.25, 0.3) is 5.56 Å². The number of nitriles is 1. The lowest BCUT2D eigenvalue weighted by molar-refractivity contribution is 0.0529. The molecule has 0 aliphatic rings. The summed E-state index contributed by atoms with van der Waals surface area (Å²) in [6.45, 7) is 3.45. The first-order valence-electron chi connectivity index (χ1n) is 8.50. The molecule has 3 rings (SSSR count). The van der Waals surface area contributed by atoms with Crippen molar-refractivity contribution < 1.29 is 9.53 Å². The molecule has 0 saturated carbocycles. The topological polar surface area (TPSA) is 135 Å². The number of fused-ring (bicyclic) bond motifs is 1. The molecule has 9 nitrogen and oxygen atoms in total. The summed E-state index contributed by atoms with van der Waals surface area (Å²) in [5.41, 5.74) is 5.82. The molecule has 0 unspecified atom stereocenters. The Morgan fingerprint density at radius 2 is 2.18 bits per heavy atom. The van der Waals surface area contributed by atoms with Crippen molar-refractivity contribution in [2.45, 2.75) is 13.8 Å². The molecular weight excluding hydrogens is 360 g/mol. The van der Waals surface area contributed by atoms with E-state index in [-0.39, 0.29) is 40.2 Å². The zero-order valence-corrected chi connectivity index (χ0v) is 15.6. The number of aromatic nitrogens is 3. The number of pyridine rings is 2. The minimum Gasteiger partial charge on any atom is -0.462 e. The van der Waals surface area contributed by atoms with Gasteiger partial charge in [-0.25, -0.2) is 14.8 Å². The van der Waals surface area contributed by atoms with Gasteiger partial charge in [-0.05, 0) is 26.0 Å². The number of hydrogen-bond donors (Lipinski definition) is 2. The molecule has 0 radical (unpaired) electrons. The van der Waals surface area contributed by atoms with Crippen LogP contribution in [-0.4, -0.2) is 34.0 Å². The summed E-state index contributed by atoms with van der Waals surface area (Å²) in [5.74, 6) is 0.222. The standard InChI is InChI=1S/C19H18N6O3/c1-4-28-19(27)16-13-6-5-7-14(22-3)25(13)18(26)11(8-20)15(16)12-9-23-10(2)24-17(12)21/h5-7,9,22H,4H2,1-3H3,(H2,21,23,24). The molecular formula is C19H18N6O3. The maximum Gasteiger partial charge on any atom is 0.340 e. The number of nitrogens with one attached hydrogen (secondary N) is 1. The van der Waals surface area contributed by atoms with Gasteiger partial charge in [-0.2, -0.15) is 5.26 Å². The second-order valence-electron chi connectivity index (χ2n) is 5.86. The second kappa shape index (κ2) is 7.36. The molecule has 3 aromatic heterocycles. The van der Waals surface area contributed by atoms with Gasteiger partial charge < -0.3 is 15.8 Å².